The van der Waals surface area contributed by atoms with Gasteiger partial charge < -0.3 is 15.4 Å². The van der Waals surface area contributed by atoms with Crippen molar-refractivity contribution in [2.24, 2.45) is 4.99 Å². The number of aliphatic imine (C=N–C) groups is 1. The Morgan fingerprint density at radius 1 is 1.04 bits per heavy atom. The molecular weight excluding hydrogens is 433 g/mol. The molecule has 24 heavy (non-hydrogen) atoms. The lowest BCUT2D eigenvalue weighted by Crippen LogP contribution is -2.36. The molecule has 6 heteroatoms. The van der Waals surface area contributed by atoms with Crippen LogP contribution in [0.25, 0.3) is 0 Å². The average molecular weight is 457 g/mol. The molecule has 0 fully saturated rings. The minimum atomic E-state index is 0. The van der Waals surface area contributed by atoms with E-state index in [1.54, 1.807) is 25.9 Å². The van der Waals surface area contributed by atoms with Crippen LogP contribution in [0.5, 0.6) is 5.75 Å². The van der Waals surface area contributed by atoms with E-state index in [0.29, 0.717) is 6.54 Å². The molecule has 0 heterocycles. The van der Waals surface area contributed by atoms with Gasteiger partial charge in [0.1, 0.15) is 5.75 Å². The van der Waals surface area contributed by atoms with Crippen molar-refractivity contribution in [3.8, 4) is 5.75 Å². The molecule has 0 atom stereocenters. The van der Waals surface area contributed by atoms with Crippen LogP contribution in [0.2, 0.25) is 0 Å². The number of halogens is 1. The monoisotopic (exact) mass is 457 g/mol. The summed E-state index contributed by atoms with van der Waals surface area (Å²) in [6, 6.07) is 16.5. The Kier molecular flexibility index (Phi) is 9.63. The van der Waals surface area contributed by atoms with Crippen molar-refractivity contribution in [3.05, 3.63) is 59.7 Å². The summed E-state index contributed by atoms with van der Waals surface area (Å²) in [6.45, 7) is 1.40. The number of guanidine groups is 1. The third kappa shape index (κ3) is 6.24. The van der Waals surface area contributed by atoms with Crippen molar-refractivity contribution in [3.63, 3.8) is 0 Å². The van der Waals surface area contributed by atoms with Gasteiger partial charge >= 0.3 is 0 Å². The van der Waals surface area contributed by atoms with Gasteiger partial charge in [-0.25, -0.2) is 0 Å². The van der Waals surface area contributed by atoms with E-state index in [9.17, 15) is 0 Å². The molecule has 0 aliphatic heterocycles. The SMILES string of the molecule is CN=C(NCc1ccc(SC)cc1)NCc1ccccc1OC.I. The van der Waals surface area contributed by atoms with Crippen molar-refractivity contribution in [1.29, 1.82) is 0 Å². The van der Waals surface area contributed by atoms with E-state index in [-0.39, 0.29) is 24.0 Å². The normalized spacial score (nSPS) is 10.7. The lowest BCUT2D eigenvalue weighted by Gasteiger charge is -2.14. The summed E-state index contributed by atoms with van der Waals surface area (Å²) < 4.78 is 5.36. The van der Waals surface area contributed by atoms with Crippen LogP contribution in [0.1, 0.15) is 11.1 Å². The highest BCUT2D eigenvalue weighted by molar-refractivity contribution is 14.0. The molecule has 0 radical (unpaired) electrons. The third-order valence-electron chi connectivity index (χ3n) is 3.48. The number of para-hydroxylation sites is 1. The maximum absolute atomic E-state index is 5.36. The van der Waals surface area contributed by atoms with E-state index < -0.39 is 0 Å². The van der Waals surface area contributed by atoms with E-state index in [2.05, 4.69) is 46.1 Å². The predicted octanol–water partition coefficient (Wildman–Crippen LogP) is 3.90. The van der Waals surface area contributed by atoms with Gasteiger partial charge in [0.15, 0.2) is 5.96 Å². The summed E-state index contributed by atoms with van der Waals surface area (Å²) in [5, 5.41) is 6.63. The summed E-state index contributed by atoms with van der Waals surface area (Å²) in [4.78, 5) is 5.53. The number of nitrogens with one attached hydrogen (secondary N) is 2. The van der Waals surface area contributed by atoms with Gasteiger partial charge in [0.2, 0.25) is 0 Å². The minimum absolute atomic E-state index is 0. The van der Waals surface area contributed by atoms with Gasteiger partial charge in [-0.3, -0.25) is 4.99 Å². The van der Waals surface area contributed by atoms with Crippen molar-refractivity contribution < 1.29 is 4.74 Å². The van der Waals surface area contributed by atoms with E-state index in [1.807, 2.05) is 24.3 Å². The van der Waals surface area contributed by atoms with Gasteiger partial charge in [0.05, 0.1) is 7.11 Å². The number of hydrogen-bond donors (Lipinski definition) is 2. The molecular formula is C18H24IN3OS. The molecule has 130 valence electrons. The Morgan fingerprint density at radius 2 is 1.71 bits per heavy atom. The van der Waals surface area contributed by atoms with Crippen molar-refractivity contribution >= 4 is 41.7 Å². The van der Waals surface area contributed by atoms with Crippen LogP contribution >= 0.6 is 35.7 Å². The maximum atomic E-state index is 5.36. The molecule has 0 saturated heterocycles. The first-order valence-corrected chi connectivity index (χ1v) is 8.68. The molecule has 0 saturated carbocycles. The zero-order valence-electron chi connectivity index (χ0n) is 14.2. The lowest BCUT2D eigenvalue weighted by atomic mass is 10.2. The van der Waals surface area contributed by atoms with Gasteiger partial charge in [-0.2, -0.15) is 0 Å². The quantitative estimate of drug-likeness (QED) is 0.299. The molecule has 0 amide bonds. The Hall–Kier alpha value is -1.41. The number of hydrogen-bond acceptors (Lipinski definition) is 3. The molecule has 0 bridgehead atoms. The minimum Gasteiger partial charge on any atom is -0.496 e. The van der Waals surface area contributed by atoms with Gasteiger partial charge in [-0.05, 0) is 30.0 Å². The molecule has 0 aromatic heterocycles. The van der Waals surface area contributed by atoms with Gasteiger partial charge in [-0.1, -0.05) is 30.3 Å². The summed E-state index contributed by atoms with van der Waals surface area (Å²) >= 11 is 1.75. The molecule has 0 unspecified atom stereocenters. The second-order valence-electron chi connectivity index (χ2n) is 4.94. The van der Waals surface area contributed by atoms with Crippen LogP contribution < -0.4 is 15.4 Å². The first kappa shape index (κ1) is 20.6. The fraction of sp³-hybridized carbons (Fsp3) is 0.278. The number of ether oxygens (including phenoxy) is 1. The second kappa shape index (κ2) is 11.2. The predicted molar refractivity (Wildman–Crippen MR) is 114 cm³/mol. The summed E-state index contributed by atoms with van der Waals surface area (Å²) in [5.74, 6) is 1.65. The number of thioether (sulfide) groups is 1. The number of methoxy groups -OCH3 is 1. The lowest BCUT2D eigenvalue weighted by molar-refractivity contribution is 0.409. The molecule has 2 rings (SSSR count). The van der Waals surface area contributed by atoms with Gasteiger partial charge in [0, 0.05) is 30.6 Å². The maximum Gasteiger partial charge on any atom is 0.191 e. The third-order valence-corrected chi connectivity index (χ3v) is 4.22. The van der Waals surface area contributed by atoms with Crippen molar-refractivity contribution in [2.45, 2.75) is 18.0 Å². The summed E-state index contributed by atoms with van der Waals surface area (Å²) in [7, 11) is 3.46. The highest BCUT2D eigenvalue weighted by Gasteiger charge is 2.03. The standard InChI is InChI=1S/C18H23N3OS.HI/c1-19-18(20-12-14-8-10-16(23-3)11-9-14)21-13-15-6-4-5-7-17(15)22-2;/h4-11H,12-13H2,1-3H3,(H2,19,20,21);1H. The number of nitrogens with zero attached hydrogens (tertiary/aromatic N) is 1. The Balaban J connectivity index is 0.00000288. The zero-order chi connectivity index (χ0) is 16.5. The van der Waals surface area contributed by atoms with Crippen LogP contribution in [-0.4, -0.2) is 26.4 Å². The van der Waals surface area contributed by atoms with Gasteiger partial charge in [-0.15, -0.1) is 35.7 Å². The van der Waals surface area contributed by atoms with Crippen LogP contribution in [0.15, 0.2) is 58.4 Å². The first-order valence-electron chi connectivity index (χ1n) is 7.46. The highest BCUT2D eigenvalue weighted by atomic mass is 127. The largest absolute Gasteiger partial charge is 0.496 e. The molecule has 0 aliphatic rings. The summed E-state index contributed by atoms with van der Waals surface area (Å²) in [6.07, 6.45) is 2.08. The molecule has 2 aromatic rings. The average Bonchev–Trinajstić information content (AvgIpc) is 2.62. The molecule has 2 N–H and O–H groups in total. The van der Waals surface area contributed by atoms with Crippen molar-refractivity contribution in [2.75, 3.05) is 20.4 Å². The van der Waals surface area contributed by atoms with Crippen LogP contribution in [0.4, 0.5) is 0 Å². The van der Waals surface area contributed by atoms with Crippen LogP contribution in [0.3, 0.4) is 0 Å². The molecule has 0 aliphatic carbocycles. The van der Waals surface area contributed by atoms with Crippen molar-refractivity contribution in [1.82, 2.24) is 10.6 Å². The zero-order valence-corrected chi connectivity index (χ0v) is 17.4. The van der Waals surface area contributed by atoms with E-state index in [1.165, 1.54) is 10.5 Å². The number of rotatable bonds is 6. The molecule has 0 spiro atoms. The van der Waals surface area contributed by atoms with E-state index >= 15 is 0 Å². The Labute approximate surface area is 165 Å². The Bertz CT molecular complexity index is 647. The number of benzene rings is 2. The fourth-order valence-corrected chi connectivity index (χ4v) is 2.59. The van der Waals surface area contributed by atoms with E-state index in [4.69, 9.17) is 4.74 Å². The fourth-order valence-electron chi connectivity index (χ4n) is 2.18. The highest BCUT2D eigenvalue weighted by Crippen LogP contribution is 2.17. The topological polar surface area (TPSA) is 45.7 Å². The first-order chi connectivity index (χ1) is 11.3. The molecule has 4 nitrogen and oxygen atoms in total. The summed E-state index contributed by atoms with van der Waals surface area (Å²) in [5.41, 5.74) is 2.32. The smallest absolute Gasteiger partial charge is 0.191 e. The Morgan fingerprint density at radius 3 is 2.33 bits per heavy atom. The molecule has 2 aromatic carbocycles. The van der Waals surface area contributed by atoms with Crippen LogP contribution in [-0.2, 0) is 13.1 Å². The van der Waals surface area contributed by atoms with Gasteiger partial charge in [0.25, 0.3) is 0 Å². The second-order valence-corrected chi connectivity index (χ2v) is 5.82. The van der Waals surface area contributed by atoms with E-state index in [0.717, 1.165) is 23.8 Å². The van der Waals surface area contributed by atoms with Crippen LogP contribution in [0, 0.1) is 0 Å².